The van der Waals surface area contributed by atoms with Crippen molar-refractivity contribution in [3.8, 4) is 0 Å². The van der Waals surface area contributed by atoms with Gasteiger partial charge in [0.05, 0.1) is 0 Å². The molecule has 1 heterocycles. The molecule has 52 valence electrons. The molecule has 0 saturated heterocycles. The topological polar surface area (TPSA) is 30.7 Å². The molecule has 10 heavy (non-hydrogen) atoms. The number of hydrogen-bond donors (Lipinski definition) is 0. The Balaban J connectivity index is 3.13. The molecular weight excluding hydrogens is 126 g/mol. The molecule has 3 nitrogen and oxygen atoms in total. The number of allylic oxidation sites excluding steroid dienone is 1. The monoisotopic (exact) mass is 135 g/mol. The molecule has 0 aromatic carbocycles. The summed E-state index contributed by atoms with van der Waals surface area (Å²) in [4.78, 5) is 3.93. The lowest BCUT2D eigenvalue weighted by molar-refractivity contribution is 0.886. The van der Waals surface area contributed by atoms with E-state index in [-0.39, 0.29) is 0 Å². The van der Waals surface area contributed by atoms with Gasteiger partial charge in [-0.1, -0.05) is 13.2 Å². The van der Waals surface area contributed by atoms with E-state index >= 15 is 0 Å². The first kappa shape index (κ1) is 6.74. The summed E-state index contributed by atoms with van der Waals surface area (Å²) < 4.78 is 1.63. The van der Waals surface area contributed by atoms with Crippen LogP contribution < -0.4 is 0 Å². The molecule has 0 unspecified atom stereocenters. The molecule has 0 aliphatic carbocycles. The number of aromatic nitrogens is 3. The summed E-state index contributed by atoms with van der Waals surface area (Å²) in [6, 6.07) is 0. The maximum Gasteiger partial charge on any atom is 0.154 e. The minimum absolute atomic E-state index is 0.729. The van der Waals surface area contributed by atoms with Crippen LogP contribution in [-0.2, 0) is 0 Å². The fourth-order valence-electron chi connectivity index (χ4n) is 0.684. The van der Waals surface area contributed by atoms with Gasteiger partial charge in [0, 0.05) is 5.70 Å². The zero-order valence-electron chi connectivity index (χ0n) is 5.91. The van der Waals surface area contributed by atoms with Crippen molar-refractivity contribution in [2.24, 2.45) is 0 Å². The van der Waals surface area contributed by atoms with Crippen LogP contribution in [0.15, 0.2) is 19.5 Å². The quantitative estimate of drug-likeness (QED) is 0.613. The van der Waals surface area contributed by atoms with E-state index in [0.717, 1.165) is 11.5 Å². The molecule has 0 spiro atoms. The first-order valence-electron chi connectivity index (χ1n) is 2.94. The van der Waals surface area contributed by atoms with E-state index in [1.165, 1.54) is 6.33 Å². The van der Waals surface area contributed by atoms with Crippen molar-refractivity contribution in [2.45, 2.75) is 6.92 Å². The zero-order chi connectivity index (χ0) is 7.56. The van der Waals surface area contributed by atoms with E-state index < -0.39 is 0 Å². The van der Waals surface area contributed by atoms with Crippen molar-refractivity contribution >= 4 is 11.8 Å². The van der Waals surface area contributed by atoms with Crippen LogP contribution in [0.5, 0.6) is 0 Å². The van der Waals surface area contributed by atoms with Gasteiger partial charge in [-0.3, -0.25) is 0 Å². The summed E-state index contributed by atoms with van der Waals surface area (Å²) in [5.41, 5.74) is 0.840. The largest absolute Gasteiger partial charge is 0.219 e. The minimum atomic E-state index is 0.729. The van der Waals surface area contributed by atoms with Crippen LogP contribution in [0.4, 0.5) is 0 Å². The molecule has 3 heteroatoms. The lowest BCUT2D eigenvalue weighted by atomic mass is 10.5. The van der Waals surface area contributed by atoms with E-state index in [4.69, 9.17) is 0 Å². The lowest BCUT2D eigenvalue weighted by Crippen LogP contribution is -1.96. The second-order valence-corrected chi connectivity index (χ2v) is 1.97. The van der Waals surface area contributed by atoms with Crippen molar-refractivity contribution in [3.63, 3.8) is 0 Å². The molecule has 0 saturated carbocycles. The molecule has 1 rings (SSSR count). The normalized spacial score (nSPS) is 9.30. The van der Waals surface area contributed by atoms with E-state index in [1.807, 2.05) is 6.92 Å². The van der Waals surface area contributed by atoms with Gasteiger partial charge in [0.25, 0.3) is 0 Å². The average molecular weight is 135 g/mol. The molecule has 0 aliphatic heterocycles. The van der Waals surface area contributed by atoms with Crippen LogP contribution in [0, 0.1) is 0 Å². The standard InChI is InChI=1S/C7H9N3/c1-4-7-8-5-9-10(7)6(2)3/h4-5H,1-2H2,3H3. The molecular formula is C7H9N3. The molecule has 0 radical (unpaired) electrons. The second kappa shape index (κ2) is 2.47. The number of hydrogen-bond acceptors (Lipinski definition) is 2. The van der Waals surface area contributed by atoms with Gasteiger partial charge in [0.2, 0.25) is 0 Å². The van der Waals surface area contributed by atoms with Gasteiger partial charge >= 0.3 is 0 Å². The molecule has 0 bridgehead atoms. The Morgan fingerprint density at radius 3 is 2.90 bits per heavy atom. The Hall–Kier alpha value is -1.38. The highest BCUT2D eigenvalue weighted by atomic mass is 15.3. The first-order valence-corrected chi connectivity index (χ1v) is 2.94. The van der Waals surface area contributed by atoms with E-state index in [1.54, 1.807) is 10.8 Å². The van der Waals surface area contributed by atoms with Crippen LogP contribution in [0.3, 0.4) is 0 Å². The minimum Gasteiger partial charge on any atom is -0.219 e. The summed E-state index contributed by atoms with van der Waals surface area (Å²) in [7, 11) is 0. The third-order valence-corrected chi connectivity index (χ3v) is 1.12. The average Bonchev–Trinajstić information content (AvgIpc) is 2.33. The SMILES string of the molecule is C=Cc1ncnn1C(=C)C. The Morgan fingerprint density at radius 2 is 2.50 bits per heavy atom. The van der Waals surface area contributed by atoms with Gasteiger partial charge in [0.15, 0.2) is 5.82 Å². The van der Waals surface area contributed by atoms with Crippen molar-refractivity contribution in [2.75, 3.05) is 0 Å². The lowest BCUT2D eigenvalue weighted by Gasteiger charge is -1.98. The van der Waals surface area contributed by atoms with E-state index in [2.05, 4.69) is 23.2 Å². The second-order valence-electron chi connectivity index (χ2n) is 1.97. The predicted molar refractivity (Wildman–Crippen MR) is 41.1 cm³/mol. The fourth-order valence-corrected chi connectivity index (χ4v) is 0.684. The van der Waals surface area contributed by atoms with Crippen molar-refractivity contribution in [1.29, 1.82) is 0 Å². The highest BCUT2D eigenvalue weighted by Crippen LogP contribution is 2.01. The molecule has 0 aliphatic rings. The highest BCUT2D eigenvalue weighted by Gasteiger charge is 1.97. The predicted octanol–water partition coefficient (Wildman–Crippen LogP) is 1.41. The summed E-state index contributed by atoms with van der Waals surface area (Å²) in [6.07, 6.45) is 3.12. The summed E-state index contributed by atoms with van der Waals surface area (Å²) in [5.74, 6) is 0.729. The molecule has 1 aromatic heterocycles. The molecule has 0 amide bonds. The highest BCUT2D eigenvalue weighted by molar-refractivity contribution is 5.46. The Bertz CT molecular complexity index is 260. The molecule has 0 N–H and O–H groups in total. The van der Waals surface area contributed by atoms with E-state index in [0.29, 0.717) is 0 Å². The molecule has 0 fully saturated rings. The van der Waals surface area contributed by atoms with Gasteiger partial charge in [0.1, 0.15) is 6.33 Å². The first-order chi connectivity index (χ1) is 4.75. The third kappa shape index (κ3) is 0.978. The van der Waals surface area contributed by atoms with Gasteiger partial charge in [-0.25, -0.2) is 9.67 Å². The van der Waals surface area contributed by atoms with Crippen molar-refractivity contribution in [1.82, 2.24) is 14.8 Å². The van der Waals surface area contributed by atoms with Crippen molar-refractivity contribution in [3.05, 3.63) is 25.3 Å². The number of nitrogens with zero attached hydrogens (tertiary/aromatic N) is 3. The van der Waals surface area contributed by atoms with Crippen LogP contribution in [-0.4, -0.2) is 14.8 Å². The summed E-state index contributed by atoms with van der Waals surface area (Å²) >= 11 is 0. The zero-order valence-corrected chi connectivity index (χ0v) is 5.91. The van der Waals surface area contributed by atoms with Gasteiger partial charge in [-0.15, -0.1) is 0 Å². The van der Waals surface area contributed by atoms with Crippen LogP contribution in [0.1, 0.15) is 12.7 Å². The Labute approximate surface area is 59.7 Å². The van der Waals surface area contributed by atoms with Crippen LogP contribution >= 0.6 is 0 Å². The van der Waals surface area contributed by atoms with Gasteiger partial charge in [-0.05, 0) is 13.0 Å². The number of rotatable bonds is 2. The summed E-state index contributed by atoms with van der Waals surface area (Å²) in [6.45, 7) is 9.16. The van der Waals surface area contributed by atoms with Crippen molar-refractivity contribution < 1.29 is 0 Å². The Morgan fingerprint density at radius 1 is 1.80 bits per heavy atom. The fraction of sp³-hybridized carbons (Fsp3) is 0.143. The van der Waals surface area contributed by atoms with Gasteiger partial charge < -0.3 is 0 Å². The third-order valence-electron chi connectivity index (χ3n) is 1.12. The summed E-state index contributed by atoms with van der Waals surface area (Å²) in [5, 5.41) is 3.92. The van der Waals surface area contributed by atoms with E-state index in [9.17, 15) is 0 Å². The Kier molecular flexibility index (Phi) is 1.67. The van der Waals surface area contributed by atoms with Gasteiger partial charge in [-0.2, -0.15) is 5.10 Å². The van der Waals surface area contributed by atoms with Crippen LogP contribution in [0.2, 0.25) is 0 Å². The maximum absolute atomic E-state index is 3.93. The molecule has 0 atom stereocenters. The maximum atomic E-state index is 3.93. The smallest absolute Gasteiger partial charge is 0.154 e. The van der Waals surface area contributed by atoms with Crippen LogP contribution in [0.25, 0.3) is 11.8 Å². The molecule has 1 aromatic rings.